The Bertz CT molecular complexity index is 752. The zero-order valence-corrected chi connectivity index (χ0v) is 13.7. The molecule has 0 aliphatic carbocycles. The molecular weight excluding hydrogens is 333 g/mol. The van der Waals surface area contributed by atoms with Crippen LogP contribution in [0.2, 0.25) is 0 Å². The van der Waals surface area contributed by atoms with E-state index in [2.05, 4.69) is 15.5 Å². The number of para-hydroxylation sites is 1. The van der Waals surface area contributed by atoms with Gasteiger partial charge in [-0.15, -0.1) is 10.2 Å². The van der Waals surface area contributed by atoms with E-state index < -0.39 is 0 Å². The Labute approximate surface area is 141 Å². The molecule has 3 aromatic rings. The van der Waals surface area contributed by atoms with E-state index in [1.54, 1.807) is 23.9 Å². The predicted octanol–water partition coefficient (Wildman–Crippen LogP) is 4.59. The van der Waals surface area contributed by atoms with Crippen LogP contribution in [0, 0.1) is 5.82 Å². The van der Waals surface area contributed by atoms with Crippen molar-refractivity contribution < 1.29 is 9.13 Å². The number of ether oxygens (including phenoxy) is 1. The van der Waals surface area contributed by atoms with E-state index >= 15 is 0 Å². The lowest BCUT2D eigenvalue weighted by Crippen LogP contribution is -1.99. The molecule has 7 heteroatoms. The third-order valence-electron chi connectivity index (χ3n) is 2.80. The molecule has 0 amide bonds. The van der Waals surface area contributed by atoms with Crippen molar-refractivity contribution in [2.24, 2.45) is 0 Å². The minimum Gasteiger partial charge on any atom is -0.493 e. The van der Waals surface area contributed by atoms with Gasteiger partial charge in [0.25, 0.3) is 0 Å². The molecular formula is C16H14FN3OS2. The van der Waals surface area contributed by atoms with Crippen molar-refractivity contribution in [3.63, 3.8) is 0 Å². The average molecular weight is 347 g/mol. The summed E-state index contributed by atoms with van der Waals surface area (Å²) in [5.41, 5.74) is 0.658. The van der Waals surface area contributed by atoms with E-state index in [-0.39, 0.29) is 5.82 Å². The summed E-state index contributed by atoms with van der Waals surface area (Å²) in [4.78, 5) is 0. The van der Waals surface area contributed by atoms with E-state index in [4.69, 9.17) is 4.74 Å². The van der Waals surface area contributed by atoms with Gasteiger partial charge in [0, 0.05) is 11.4 Å². The largest absolute Gasteiger partial charge is 0.493 e. The molecule has 4 nitrogen and oxygen atoms in total. The number of nitrogens with one attached hydrogen (secondary N) is 1. The number of benzene rings is 2. The first-order chi connectivity index (χ1) is 11.3. The monoisotopic (exact) mass is 347 g/mol. The molecule has 1 aromatic heterocycles. The van der Waals surface area contributed by atoms with Crippen molar-refractivity contribution in [3.8, 4) is 5.75 Å². The summed E-state index contributed by atoms with van der Waals surface area (Å²) in [5.74, 6) is 1.36. The lowest BCUT2D eigenvalue weighted by molar-refractivity contribution is 0.344. The number of hydrogen-bond acceptors (Lipinski definition) is 6. The van der Waals surface area contributed by atoms with Crippen LogP contribution in [0.3, 0.4) is 0 Å². The summed E-state index contributed by atoms with van der Waals surface area (Å²) in [7, 11) is 0. The molecule has 2 aromatic carbocycles. The molecule has 0 aliphatic heterocycles. The van der Waals surface area contributed by atoms with E-state index in [0.717, 1.165) is 15.8 Å². The van der Waals surface area contributed by atoms with Crippen LogP contribution in [0.1, 0.15) is 0 Å². The van der Waals surface area contributed by atoms with Crippen LogP contribution in [-0.4, -0.2) is 22.6 Å². The molecule has 0 fully saturated rings. The van der Waals surface area contributed by atoms with Gasteiger partial charge in [-0.1, -0.05) is 47.4 Å². The summed E-state index contributed by atoms with van der Waals surface area (Å²) in [6, 6.07) is 15.9. The summed E-state index contributed by atoms with van der Waals surface area (Å²) in [6.45, 7) is 0.598. The van der Waals surface area contributed by atoms with E-state index in [9.17, 15) is 4.39 Å². The first-order valence-electron chi connectivity index (χ1n) is 6.96. The lowest BCUT2D eigenvalue weighted by atomic mass is 10.3. The number of halogens is 1. The summed E-state index contributed by atoms with van der Waals surface area (Å²) >= 11 is 3.01. The third kappa shape index (κ3) is 4.94. The van der Waals surface area contributed by atoms with Gasteiger partial charge in [0.15, 0.2) is 4.34 Å². The van der Waals surface area contributed by atoms with Crippen molar-refractivity contribution in [1.82, 2.24) is 10.2 Å². The van der Waals surface area contributed by atoms with Gasteiger partial charge < -0.3 is 10.1 Å². The average Bonchev–Trinajstić information content (AvgIpc) is 3.00. The van der Waals surface area contributed by atoms with Crippen molar-refractivity contribution >= 4 is 33.9 Å². The topological polar surface area (TPSA) is 47.0 Å². The van der Waals surface area contributed by atoms with E-state index in [0.29, 0.717) is 17.4 Å². The van der Waals surface area contributed by atoms with Crippen LogP contribution in [0.4, 0.5) is 15.2 Å². The van der Waals surface area contributed by atoms with E-state index in [1.807, 2.05) is 30.3 Å². The maximum atomic E-state index is 13.1. The van der Waals surface area contributed by atoms with Gasteiger partial charge in [-0.3, -0.25) is 0 Å². The number of thioether (sulfide) groups is 1. The molecule has 0 saturated carbocycles. The highest BCUT2D eigenvalue weighted by Crippen LogP contribution is 2.27. The molecule has 1 heterocycles. The number of hydrogen-bond donors (Lipinski definition) is 1. The second kappa shape index (κ2) is 7.94. The normalized spacial score (nSPS) is 10.5. The Kier molecular flexibility index (Phi) is 5.44. The van der Waals surface area contributed by atoms with Crippen LogP contribution in [0.15, 0.2) is 58.9 Å². The second-order valence-electron chi connectivity index (χ2n) is 4.52. The highest BCUT2D eigenvalue weighted by atomic mass is 32.2. The molecule has 23 heavy (non-hydrogen) atoms. The molecule has 1 N–H and O–H groups in total. The molecule has 0 aliphatic rings. The predicted molar refractivity (Wildman–Crippen MR) is 92.3 cm³/mol. The Hall–Kier alpha value is -2.12. The van der Waals surface area contributed by atoms with Crippen LogP contribution in [0.5, 0.6) is 5.75 Å². The van der Waals surface area contributed by atoms with Crippen LogP contribution in [0.25, 0.3) is 0 Å². The molecule has 0 radical (unpaired) electrons. The zero-order chi connectivity index (χ0) is 15.9. The molecule has 0 bridgehead atoms. The first kappa shape index (κ1) is 15.8. The summed E-state index contributed by atoms with van der Waals surface area (Å²) in [6.07, 6.45) is 0. The molecule has 0 atom stereocenters. The van der Waals surface area contributed by atoms with Gasteiger partial charge in [0.1, 0.15) is 11.6 Å². The smallest absolute Gasteiger partial charge is 0.210 e. The summed E-state index contributed by atoms with van der Waals surface area (Å²) in [5, 5.41) is 11.8. The van der Waals surface area contributed by atoms with Crippen molar-refractivity contribution in [2.45, 2.75) is 4.34 Å². The lowest BCUT2D eigenvalue weighted by Gasteiger charge is -2.03. The Morgan fingerprint density at radius 3 is 2.78 bits per heavy atom. The fraction of sp³-hybridized carbons (Fsp3) is 0.125. The van der Waals surface area contributed by atoms with Crippen LogP contribution >= 0.6 is 23.1 Å². The van der Waals surface area contributed by atoms with Gasteiger partial charge in [0.2, 0.25) is 5.13 Å². The fourth-order valence-electron chi connectivity index (χ4n) is 1.81. The van der Waals surface area contributed by atoms with E-state index in [1.165, 1.54) is 23.5 Å². The second-order valence-corrected chi connectivity index (χ2v) is 6.84. The molecule has 118 valence electrons. The SMILES string of the molecule is Fc1cccc(Nc2nnc(SCCOc3ccccc3)s2)c1. The zero-order valence-electron chi connectivity index (χ0n) is 12.1. The summed E-state index contributed by atoms with van der Waals surface area (Å²) < 4.78 is 19.6. The Morgan fingerprint density at radius 2 is 1.96 bits per heavy atom. The standard InChI is InChI=1S/C16H14FN3OS2/c17-12-5-4-6-13(11-12)18-15-19-20-16(23-15)22-10-9-21-14-7-2-1-3-8-14/h1-8,11H,9-10H2,(H,18,19). The number of aromatic nitrogens is 2. The van der Waals surface area contributed by atoms with Crippen LogP contribution < -0.4 is 10.1 Å². The highest BCUT2D eigenvalue weighted by molar-refractivity contribution is 8.01. The van der Waals surface area contributed by atoms with Crippen molar-refractivity contribution in [3.05, 3.63) is 60.4 Å². The van der Waals surface area contributed by atoms with Gasteiger partial charge >= 0.3 is 0 Å². The maximum Gasteiger partial charge on any atom is 0.210 e. The van der Waals surface area contributed by atoms with Gasteiger partial charge in [-0.25, -0.2) is 4.39 Å². The Balaban J connectivity index is 1.46. The van der Waals surface area contributed by atoms with Crippen molar-refractivity contribution in [2.75, 3.05) is 17.7 Å². The van der Waals surface area contributed by atoms with Gasteiger partial charge in [0.05, 0.1) is 6.61 Å². The first-order valence-corrected chi connectivity index (χ1v) is 8.76. The third-order valence-corrected chi connectivity index (χ3v) is 4.74. The molecule has 3 rings (SSSR count). The highest BCUT2D eigenvalue weighted by Gasteiger charge is 2.05. The number of nitrogens with zero attached hydrogens (tertiary/aromatic N) is 2. The number of rotatable bonds is 7. The van der Waals surface area contributed by atoms with Gasteiger partial charge in [-0.05, 0) is 30.3 Å². The minimum absolute atomic E-state index is 0.285. The molecule has 0 spiro atoms. The van der Waals surface area contributed by atoms with Gasteiger partial charge in [-0.2, -0.15) is 0 Å². The Morgan fingerprint density at radius 1 is 1.09 bits per heavy atom. The maximum absolute atomic E-state index is 13.1. The fourth-order valence-corrected chi connectivity index (χ4v) is 3.47. The minimum atomic E-state index is -0.285. The number of anilines is 2. The van der Waals surface area contributed by atoms with Crippen LogP contribution in [-0.2, 0) is 0 Å². The molecule has 0 unspecified atom stereocenters. The van der Waals surface area contributed by atoms with Crippen molar-refractivity contribution in [1.29, 1.82) is 0 Å². The molecule has 0 saturated heterocycles. The quantitative estimate of drug-likeness (QED) is 0.500.